The first-order valence-corrected chi connectivity index (χ1v) is 7.98. The van der Waals surface area contributed by atoms with Gasteiger partial charge in [0.1, 0.15) is 0 Å². The fraction of sp³-hybridized carbons (Fsp3) is 0.462. The minimum absolute atomic E-state index is 0.0895. The molecule has 7 heteroatoms. The van der Waals surface area contributed by atoms with Crippen molar-refractivity contribution in [3.63, 3.8) is 0 Å². The predicted molar refractivity (Wildman–Crippen MR) is 76.2 cm³/mol. The summed E-state index contributed by atoms with van der Waals surface area (Å²) in [5.74, 6) is -1.08. The third kappa shape index (κ3) is 3.94. The van der Waals surface area contributed by atoms with Gasteiger partial charge in [-0.3, -0.25) is 0 Å². The second-order valence-corrected chi connectivity index (χ2v) is 6.45. The van der Waals surface area contributed by atoms with E-state index in [0.29, 0.717) is 30.8 Å². The van der Waals surface area contributed by atoms with Gasteiger partial charge in [0, 0.05) is 26.5 Å². The Labute approximate surface area is 118 Å². The van der Waals surface area contributed by atoms with Crippen LogP contribution in [-0.2, 0) is 14.6 Å². The summed E-state index contributed by atoms with van der Waals surface area (Å²) >= 11 is 0. The monoisotopic (exact) mass is 301 g/mol. The topological polar surface area (TPSA) is 92.7 Å². The van der Waals surface area contributed by atoms with Gasteiger partial charge in [-0.05, 0) is 31.0 Å². The van der Waals surface area contributed by atoms with E-state index in [1.54, 1.807) is 14.0 Å². The number of rotatable bonds is 7. The van der Waals surface area contributed by atoms with Crippen molar-refractivity contribution in [2.75, 3.05) is 31.8 Å². The number of carboxylic acid groups (broad SMARTS) is 1. The predicted octanol–water partition coefficient (Wildman–Crippen LogP) is 1.55. The van der Waals surface area contributed by atoms with Crippen molar-refractivity contribution >= 4 is 21.5 Å². The van der Waals surface area contributed by atoms with Gasteiger partial charge >= 0.3 is 5.97 Å². The normalized spacial score (nSPS) is 11.3. The van der Waals surface area contributed by atoms with E-state index < -0.39 is 15.8 Å². The van der Waals surface area contributed by atoms with Crippen molar-refractivity contribution < 1.29 is 23.1 Å². The molecule has 6 nitrogen and oxygen atoms in total. The van der Waals surface area contributed by atoms with Crippen LogP contribution in [0.2, 0.25) is 0 Å². The van der Waals surface area contributed by atoms with Gasteiger partial charge < -0.3 is 15.2 Å². The number of aromatic carboxylic acids is 1. The van der Waals surface area contributed by atoms with Gasteiger partial charge in [0.2, 0.25) is 0 Å². The van der Waals surface area contributed by atoms with Crippen molar-refractivity contribution in [3.8, 4) is 0 Å². The highest BCUT2D eigenvalue weighted by Crippen LogP contribution is 2.28. The Balaban J connectivity index is 3.20. The van der Waals surface area contributed by atoms with Gasteiger partial charge in [0.05, 0.1) is 16.1 Å². The van der Waals surface area contributed by atoms with E-state index in [-0.39, 0.29) is 10.5 Å². The number of carbonyl (C=O) groups is 1. The number of ether oxygens (including phenoxy) is 1. The summed E-state index contributed by atoms with van der Waals surface area (Å²) in [6, 6.07) is 2.64. The molecular weight excluding hydrogens is 282 g/mol. The van der Waals surface area contributed by atoms with Gasteiger partial charge in [-0.1, -0.05) is 0 Å². The second-order valence-electron chi connectivity index (χ2n) is 4.46. The highest BCUT2D eigenvalue weighted by atomic mass is 32.2. The summed E-state index contributed by atoms with van der Waals surface area (Å²) in [4.78, 5) is 11.2. The van der Waals surface area contributed by atoms with Crippen molar-refractivity contribution in [2.45, 2.75) is 18.2 Å². The van der Waals surface area contributed by atoms with Crippen LogP contribution in [0.1, 0.15) is 22.3 Å². The second kappa shape index (κ2) is 6.71. The first-order valence-electron chi connectivity index (χ1n) is 6.08. The first kappa shape index (κ1) is 16.5. The van der Waals surface area contributed by atoms with E-state index in [9.17, 15) is 13.2 Å². The average molecular weight is 301 g/mol. The van der Waals surface area contributed by atoms with E-state index in [4.69, 9.17) is 9.84 Å². The highest BCUT2D eigenvalue weighted by Gasteiger charge is 2.19. The zero-order valence-electron chi connectivity index (χ0n) is 11.8. The molecule has 1 aromatic carbocycles. The number of methoxy groups -OCH3 is 1. The molecule has 0 unspecified atom stereocenters. The average Bonchev–Trinajstić information content (AvgIpc) is 2.34. The van der Waals surface area contributed by atoms with Crippen molar-refractivity contribution in [2.24, 2.45) is 0 Å². The van der Waals surface area contributed by atoms with Gasteiger partial charge in [-0.2, -0.15) is 0 Å². The van der Waals surface area contributed by atoms with Crippen LogP contribution in [0.5, 0.6) is 0 Å². The standard InChI is InChI=1S/C13H19NO5S/c1-9-10(13(15)16)5-6-11(20(3,17)18)12(9)14-7-4-8-19-2/h5-6,14H,4,7-8H2,1-3H3,(H,15,16). The molecule has 0 bridgehead atoms. The van der Waals surface area contributed by atoms with Crippen LogP contribution in [-0.4, -0.2) is 46.0 Å². The third-order valence-corrected chi connectivity index (χ3v) is 4.02. The first-order chi connectivity index (χ1) is 9.29. The van der Waals surface area contributed by atoms with Crippen LogP contribution < -0.4 is 5.32 Å². The molecule has 1 aromatic rings. The minimum atomic E-state index is -3.43. The van der Waals surface area contributed by atoms with Crippen LogP contribution in [0.15, 0.2) is 17.0 Å². The molecule has 2 N–H and O–H groups in total. The smallest absolute Gasteiger partial charge is 0.336 e. The fourth-order valence-electron chi connectivity index (χ4n) is 1.88. The van der Waals surface area contributed by atoms with Gasteiger partial charge in [-0.15, -0.1) is 0 Å². The van der Waals surface area contributed by atoms with Gasteiger partial charge in [0.15, 0.2) is 9.84 Å². The molecule has 0 radical (unpaired) electrons. The number of hydrogen-bond acceptors (Lipinski definition) is 5. The summed E-state index contributed by atoms with van der Waals surface area (Å²) < 4.78 is 28.4. The van der Waals surface area contributed by atoms with Crippen LogP contribution in [0.25, 0.3) is 0 Å². The quantitative estimate of drug-likeness (QED) is 0.742. The van der Waals surface area contributed by atoms with Crippen molar-refractivity contribution in [1.29, 1.82) is 0 Å². The van der Waals surface area contributed by atoms with Crippen LogP contribution >= 0.6 is 0 Å². The third-order valence-electron chi connectivity index (χ3n) is 2.88. The SMILES string of the molecule is COCCCNc1c(S(C)(=O)=O)ccc(C(=O)O)c1C. The Kier molecular flexibility index (Phi) is 5.52. The molecule has 0 aliphatic rings. The van der Waals surface area contributed by atoms with Crippen LogP contribution in [0.4, 0.5) is 5.69 Å². The number of anilines is 1. The lowest BCUT2D eigenvalue weighted by molar-refractivity contribution is 0.0696. The van der Waals surface area contributed by atoms with E-state index >= 15 is 0 Å². The van der Waals surface area contributed by atoms with Gasteiger partial charge in [-0.25, -0.2) is 13.2 Å². The Morgan fingerprint density at radius 1 is 1.40 bits per heavy atom. The summed E-state index contributed by atoms with van der Waals surface area (Å²) in [7, 11) is -1.85. The summed E-state index contributed by atoms with van der Waals surface area (Å²) in [6.45, 7) is 2.63. The molecule has 0 aliphatic carbocycles. The number of sulfone groups is 1. The minimum Gasteiger partial charge on any atom is -0.478 e. The number of benzene rings is 1. The van der Waals surface area contributed by atoms with Gasteiger partial charge in [0.25, 0.3) is 0 Å². The lowest BCUT2D eigenvalue weighted by Crippen LogP contribution is -2.13. The molecule has 0 atom stereocenters. The Hall–Kier alpha value is -1.60. The number of nitrogens with one attached hydrogen (secondary N) is 1. The van der Waals surface area contributed by atoms with E-state index in [2.05, 4.69) is 5.32 Å². The van der Waals surface area contributed by atoms with Crippen molar-refractivity contribution in [1.82, 2.24) is 0 Å². The lowest BCUT2D eigenvalue weighted by Gasteiger charge is -2.15. The molecule has 0 fully saturated rings. The summed E-state index contributed by atoms with van der Waals surface area (Å²) in [5, 5.41) is 12.1. The molecule has 112 valence electrons. The fourth-order valence-corrected chi connectivity index (χ4v) is 2.79. The maximum absolute atomic E-state index is 11.8. The largest absolute Gasteiger partial charge is 0.478 e. The summed E-state index contributed by atoms with van der Waals surface area (Å²) in [5.41, 5.74) is 0.855. The van der Waals surface area contributed by atoms with Crippen molar-refractivity contribution in [3.05, 3.63) is 23.3 Å². The maximum Gasteiger partial charge on any atom is 0.336 e. The maximum atomic E-state index is 11.8. The molecule has 0 saturated heterocycles. The molecule has 20 heavy (non-hydrogen) atoms. The molecule has 0 saturated carbocycles. The number of carboxylic acids is 1. The number of hydrogen-bond donors (Lipinski definition) is 2. The molecule has 0 amide bonds. The van der Waals surface area contributed by atoms with E-state index in [0.717, 1.165) is 6.26 Å². The molecule has 0 aliphatic heterocycles. The molecule has 0 spiro atoms. The van der Waals surface area contributed by atoms with E-state index in [1.165, 1.54) is 12.1 Å². The summed E-state index contributed by atoms with van der Waals surface area (Å²) in [6.07, 6.45) is 1.79. The van der Waals surface area contributed by atoms with E-state index in [1.807, 2.05) is 0 Å². The van der Waals surface area contributed by atoms with Crippen LogP contribution in [0.3, 0.4) is 0 Å². The zero-order valence-corrected chi connectivity index (χ0v) is 12.6. The lowest BCUT2D eigenvalue weighted by atomic mass is 10.1. The Morgan fingerprint density at radius 3 is 2.55 bits per heavy atom. The molecular formula is C13H19NO5S. The Bertz CT molecular complexity index is 595. The highest BCUT2D eigenvalue weighted by molar-refractivity contribution is 7.90. The molecule has 0 aromatic heterocycles. The van der Waals surface area contributed by atoms with Crippen LogP contribution in [0, 0.1) is 6.92 Å². The Morgan fingerprint density at radius 2 is 2.05 bits per heavy atom. The molecule has 0 heterocycles. The molecule has 1 rings (SSSR count). The zero-order chi connectivity index (χ0) is 15.3.